The first-order valence-corrected chi connectivity index (χ1v) is 8.69. The Labute approximate surface area is 142 Å². The molecule has 1 rings (SSSR count). The van der Waals surface area contributed by atoms with Gasteiger partial charge in [-0.3, -0.25) is 4.79 Å². The summed E-state index contributed by atoms with van der Waals surface area (Å²) >= 11 is 1.61. The van der Waals surface area contributed by atoms with Crippen LogP contribution < -0.4 is 5.32 Å². The third-order valence-electron chi connectivity index (χ3n) is 3.46. The number of thiazole rings is 1. The Bertz CT molecular complexity index is 528. The number of aromatic nitrogens is 1. The molecule has 2 amide bonds. The minimum atomic E-state index is -0.450. The first-order valence-electron chi connectivity index (χ1n) is 7.81. The summed E-state index contributed by atoms with van der Waals surface area (Å²) in [5, 5.41) is 5.86. The predicted molar refractivity (Wildman–Crippen MR) is 93.8 cm³/mol. The van der Waals surface area contributed by atoms with Crippen LogP contribution in [0.3, 0.4) is 0 Å². The molecule has 1 N–H and O–H groups in total. The van der Waals surface area contributed by atoms with Crippen molar-refractivity contribution in [3.63, 3.8) is 0 Å². The van der Waals surface area contributed by atoms with Crippen LogP contribution in [0.5, 0.6) is 0 Å². The van der Waals surface area contributed by atoms with Crippen molar-refractivity contribution < 1.29 is 9.59 Å². The fourth-order valence-electron chi connectivity index (χ4n) is 2.00. The zero-order valence-electron chi connectivity index (χ0n) is 14.9. The third kappa shape index (κ3) is 6.66. The van der Waals surface area contributed by atoms with Crippen LogP contribution in [0.4, 0.5) is 4.79 Å². The standard InChI is InChI=1S/C16H28N4O2S/c1-11(2)15-17-13(10-23-15)9-20(6)16(22)18-14(12(3)21)7-8-19(4)5/h10-11,14H,7-9H2,1-6H3,(H,18,22). The molecule has 0 aliphatic carbocycles. The van der Waals surface area contributed by atoms with Gasteiger partial charge in [-0.2, -0.15) is 0 Å². The number of amides is 2. The first-order chi connectivity index (χ1) is 10.7. The van der Waals surface area contributed by atoms with Crippen molar-refractivity contribution in [3.05, 3.63) is 16.1 Å². The van der Waals surface area contributed by atoms with E-state index >= 15 is 0 Å². The van der Waals surface area contributed by atoms with Gasteiger partial charge in [-0.05, 0) is 34.0 Å². The van der Waals surface area contributed by atoms with Gasteiger partial charge in [0.15, 0.2) is 5.78 Å². The molecule has 0 aliphatic rings. The van der Waals surface area contributed by atoms with Crippen molar-refractivity contribution in [2.45, 2.75) is 45.7 Å². The number of nitrogens with one attached hydrogen (secondary N) is 1. The molecule has 1 unspecified atom stereocenters. The van der Waals surface area contributed by atoms with Crippen LogP contribution in [0.15, 0.2) is 5.38 Å². The molecule has 0 aromatic carbocycles. The lowest BCUT2D eigenvalue weighted by Gasteiger charge is -2.22. The summed E-state index contributed by atoms with van der Waals surface area (Å²) in [6.07, 6.45) is 0.607. The molecular formula is C16H28N4O2S. The Morgan fingerprint density at radius 2 is 1.96 bits per heavy atom. The zero-order valence-corrected chi connectivity index (χ0v) is 15.7. The molecule has 1 heterocycles. The molecule has 0 aliphatic heterocycles. The summed E-state index contributed by atoms with van der Waals surface area (Å²) in [6.45, 7) is 6.89. The number of nitrogens with zero attached hydrogens (tertiary/aromatic N) is 3. The normalized spacial score (nSPS) is 12.5. The second kappa shape index (κ2) is 8.98. The van der Waals surface area contributed by atoms with Gasteiger partial charge in [-0.25, -0.2) is 9.78 Å². The monoisotopic (exact) mass is 340 g/mol. The quantitative estimate of drug-likeness (QED) is 0.789. The first kappa shape index (κ1) is 19.6. The second-order valence-corrected chi connectivity index (χ2v) is 7.28. The largest absolute Gasteiger partial charge is 0.328 e. The summed E-state index contributed by atoms with van der Waals surface area (Å²) < 4.78 is 0. The van der Waals surface area contributed by atoms with Crippen LogP contribution >= 0.6 is 11.3 Å². The van der Waals surface area contributed by atoms with Gasteiger partial charge in [0.1, 0.15) is 0 Å². The predicted octanol–water partition coefficient (Wildman–Crippen LogP) is 2.32. The van der Waals surface area contributed by atoms with Crippen molar-refractivity contribution in [2.24, 2.45) is 0 Å². The molecule has 0 bridgehead atoms. The molecule has 23 heavy (non-hydrogen) atoms. The number of rotatable bonds is 8. The van der Waals surface area contributed by atoms with Crippen molar-refractivity contribution >= 4 is 23.2 Å². The molecule has 0 spiro atoms. The van der Waals surface area contributed by atoms with E-state index in [9.17, 15) is 9.59 Å². The SMILES string of the molecule is CC(=O)C(CCN(C)C)NC(=O)N(C)Cc1csc(C(C)C)n1. The highest BCUT2D eigenvalue weighted by atomic mass is 32.1. The van der Waals surface area contributed by atoms with Gasteiger partial charge >= 0.3 is 6.03 Å². The summed E-state index contributed by atoms with van der Waals surface area (Å²) in [7, 11) is 5.60. The van der Waals surface area contributed by atoms with E-state index in [2.05, 4.69) is 24.1 Å². The van der Waals surface area contributed by atoms with E-state index in [0.29, 0.717) is 18.9 Å². The zero-order chi connectivity index (χ0) is 17.6. The fourth-order valence-corrected chi connectivity index (χ4v) is 2.82. The lowest BCUT2D eigenvalue weighted by molar-refractivity contribution is -0.119. The van der Waals surface area contributed by atoms with E-state index in [-0.39, 0.29) is 11.8 Å². The minimum absolute atomic E-state index is 0.0237. The molecule has 0 fully saturated rings. The molecule has 0 radical (unpaired) electrons. The van der Waals surface area contributed by atoms with Gasteiger partial charge in [0.2, 0.25) is 0 Å². The number of carbonyl (C=O) groups is 2. The van der Waals surface area contributed by atoms with Crippen LogP contribution in [0, 0.1) is 0 Å². The van der Waals surface area contributed by atoms with Gasteiger partial charge < -0.3 is 15.1 Å². The number of hydrogen-bond donors (Lipinski definition) is 1. The van der Waals surface area contributed by atoms with Crippen LogP contribution in [-0.2, 0) is 11.3 Å². The van der Waals surface area contributed by atoms with Gasteiger partial charge in [0.05, 0.1) is 23.3 Å². The Morgan fingerprint density at radius 3 is 2.43 bits per heavy atom. The highest BCUT2D eigenvalue weighted by molar-refractivity contribution is 7.09. The molecule has 1 aromatic heterocycles. The Balaban J connectivity index is 2.58. The highest BCUT2D eigenvalue weighted by Gasteiger charge is 2.20. The Hall–Kier alpha value is -1.47. The van der Waals surface area contributed by atoms with Gasteiger partial charge in [0, 0.05) is 18.3 Å². The average Bonchev–Trinajstić information content (AvgIpc) is 2.91. The summed E-state index contributed by atoms with van der Waals surface area (Å²) in [6, 6.07) is -0.697. The summed E-state index contributed by atoms with van der Waals surface area (Å²) in [4.78, 5) is 32.0. The van der Waals surface area contributed by atoms with Crippen molar-refractivity contribution in [3.8, 4) is 0 Å². The van der Waals surface area contributed by atoms with E-state index in [1.165, 1.54) is 6.92 Å². The van der Waals surface area contributed by atoms with Crippen molar-refractivity contribution in [1.82, 2.24) is 20.1 Å². The minimum Gasteiger partial charge on any atom is -0.328 e. The molecule has 1 atom stereocenters. The van der Waals surface area contributed by atoms with Crippen LogP contribution in [0.25, 0.3) is 0 Å². The van der Waals surface area contributed by atoms with E-state index < -0.39 is 6.04 Å². The molecule has 7 heteroatoms. The Morgan fingerprint density at radius 1 is 1.30 bits per heavy atom. The molecule has 1 aromatic rings. The molecular weight excluding hydrogens is 312 g/mol. The number of hydrogen-bond acceptors (Lipinski definition) is 5. The maximum atomic E-state index is 12.3. The summed E-state index contributed by atoms with van der Waals surface area (Å²) in [5.41, 5.74) is 0.879. The van der Waals surface area contributed by atoms with Crippen molar-refractivity contribution in [2.75, 3.05) is 27.7 Å². The lowest BCUT2D eigenvalue weighted by atomic mass is 10.1. The highest BCUT2D eigenvalue weighted by Crippen LogP contribution is 2.19. The van der Waals surface area contributed by atoms with Crippen molar-refractivity contribution in [1.29, 1.82) is 0 Å². The number of carbonyl (C=O) groups excluding carboxylic acids is 2. The third-order valence-corrected chi connectivity index (χ3v) is 4.66. The van der Waals surface area contributed by atoms with E-state index in [4.69, 9.17) is 0 Å². The average molecular weight is 340 g/mol. The summed E-state index contributed by atoms with van der Waals surface area (Å²) in [5.74, 6) is 0.366. The smallest absolute Gasteiger partial charge is 0.318 e. The molecule has 130 valence electrons. The second-order valence-electron chi connectivity index (χ2n) is 6.39. The number of urea groups is 1. The fraction of sp³-hybridized carbons (Fsp3) is 0.688. The maximum Gasteiger partial charge on any atom is 0.318 e. The number of ketones is 1. The maximum absolute atomic E-state index is 12.3. The topological polar surface area (TPSA) is 65.5 Å². The Kier molecular flexibility index (Phi) is 7.64. The van der Waals surface area contributed by atoms with E-state index in [1.54, 1.807) is 23.3 Å². The molecule has 0 saturated heterocycles. The van der Waals surface area contributed by atoms with Gasteiger partial charge in [-0.15, -0.1) is 11.3 Å². The van der Waals surface area contributed by atoms with E-state index in [0.717, 1.165) is 17.2 Å². The van der Waals surface area contributed by atoms with E-state index in [1.807, 2.05) is 24.4 Å². The molecule has 6 nitrogen and oxygen atoms in total. The molecule has 0 saturated carbocycles. The number of Topliss-reactive ketones (excluding diaryl/α,β-unsaturated/α-hetero) is 1. The van der Waals surface area contributed by atoms with Gasteiger partial charge in [-0.1, -0.05) is 13.8 Å². The van der Waals surface area contributed by atoms with Crippen LogP contribution in [-0.4, -0.2) is 60.3 Å². The lowest BCUT2D eigenvalue weighted by Crippen LogP contribution is -2.46. The van der Waals surface area contributed by atoms with Crippen LogP contribution in [0.2, 0.25) is 0 Å². The van der Waals surface area contributed by atoms with Crippen LogP contribution in [0.1, 0.15) is 43.8 Å². The van der Waals surface area contributed by atoms with Gasteiger partial charge in [0.25, 0.3) is 0 Å².